The molecule has 1 saturated heterocycles. The van der Waals surface area contributed by atoms with Gasteiger partial charge in [0.2, 0.25) is 15.9 Å². The number of hydrogen-bond acceptors (Lipinski definition) is 5. The van der Waals surface area contributed by atoms with Crippen molar-refractivity contribution in [2.75, 3.05) is 31.6 Å². The SMILES string of the molecule is CCOc1ccc(NC(=O)[C@@H]2CCCN(S(=O)(=O)c3ccc(OCC)c(Cl)c3)C2)cc1. The number of rotatable bonds is 8. The summed E-state index contributed by atoms with van der Waals surface area (Å²) >= 11 is 6.17. The first-order valence-electron chi connectivity index (χ1n) is 10.3. The molecule has 7 nitrogen and oxygen atoms in total. The van der Waals surface area contributed by atoms with Crippen molar-refractivity contribution in [1.29, 1.82) is 0 Å². The Kier molecular flexibility index (Phi) is 7.80. The highest BCUT2D eigenvalue weighted by atomic mass is 35.5. The number of sulfonamides is 1. The van der Waals surface area contributed by atoms with Crippen LogP contribution in [0.1, 0.15) is 26.7 Å². The molecule has 2 aromatic carbocycles. The summed E-state index contributed by atoms with van der Waals surface area (Å²) in [6, 6.07) is 11.5. The summed E-state index contributed by atoms with van der Waals surface area (Å²) in [5, 5.41) is 3.11. The van der Waals surface area contributed by atoms with Crippen molar-refractivity contribution >= 4 is 33.2 Å². The van der Waals surface area contributed by atoms with Gasteiger partial charge >= 0.3 is 0 Å². The van der Waals surface area contributed by atoms with Crippen LogP contribution in [0.5, 0.6) is 11.5 Å². The molecular formula is C22H27ClN2O5S. The molecule has 0 aromatic heterocycles. The maximum atomic E-state index is 13.1. The van der Waals surface area contributed by atoms with Crippen molar-refractivity contribution in [3.8, 4) is 11.5 Å². The normalized spacial score (nSPS) is 17.2. The summed E-state index contributed by atoms with van der Waals surface area (Å²) in [6.45, 7) is 5.21. The minimum Gasteiger partial charge on any atom is -0.494 e. The van der Waals surface area contributed by atoms with E-state index in [0.717, 1.165) is 5.75 Å². The number of hydrogen-bond donors (Lipinski definition) is 1. The lowest BCUT2D eigenvalue weighted by Gasteiger charge is -2.31. The Bertz CT molecular complexity index is 1010. The van der Waals surface area contributed by atoms with Gasteiger partial charge in [0.15, 0.2) is 0 Å². The molecule has 0 aliphatic carbocycles. The van der Waals surface area contributed by atoms with E-state index in [1.165, 1.54) is 16.4 Å². The first-order chi connectivity index (χ1) is 14.8. The van der Waals surface area contributed by atoms with Crippen LogP contribution in [0.3, 0.4) is 0 Å². The second-order valence-electron chi connectivity index (χ2n) is 7.17. The molecule has 0 unspecified atom stereocenters. The van der Waals surface area contributed by atoms with Crippen LogP contribution in [0.2, 0.25) is 5.02 Å². The molecule has 1 N–H and O–H groups in total. The number of carbonyl (C=O) groups excluding carboxylic acids is 1. The van der Waals surface area contributed by atoms with Crippen LogP contribution in [-0.2, 0) is 14.8 Å². The van der Waals surface area contributed by atoms with Crippen LogP contribution in [0.4, 0.5) is 5.69 Å². The van der Waals surface area contributed by atoms with Crippen LogP contribution >= 0.6 is 11.6 Å². The summed E-state index contributed by atoms with van der Waals surface area (Å²) in [4.78, 5) is 12.8. The van der Waals surface area contributed by atoms with Crippen molar-refractivity contribution in [1.82, 2.24) is 4.31 Å². The van der Waals surface area contributed by atoms with Gasteiger partial charge in [-0.25, -0.2) is 8.42 Å². The van der Waals surface area contributed by atoms with Gasteiger partial charge in [0.05, 0.1) is 29.0 Å². The zero-order chi connectivity index (χ0) is 22.4. The summed E-state index contributed by atoms with van der Waals surface area (Å²) in [7, 11) is -3.77. The summed E-state index contributed by atoms with van der Waals surface area (Å²) in [5.41, 5.74) is 0.645. The van der Waals surface area contributed by atoms with Gasteiger partial charge in [0.1, 0.15) is 11.5 Å². The number of benzene rings is 2. The van der Waals surface area contributed by atoms with E-state index in [1.54, 1.807) is 30.3 Å². The lowest BCUT2D eigenvalue weighted by atomic mass is 9.99. The van der Waals surface area contributed by atoms with E-state index in [9.17, 15) is 13.2 Å². The number of halogens is 1. The maximum Gasteiger partial charge on any atom is 0.243 e. The predicted molar refractivity (Wildman–Crippen MR) is 120 cm³/mol. The molecule has 1 atom stereocenters. The highest BCUT2D eigenvalue weighted by Crippen LogP contribution is 2.31. The van der Waals surface area contributed by atoms with E-state index in [2.05, 4.69) is 5.32 Å². The van der Waals surface area contributed by atoms with Gasteiger partial charge < -0.3 is 14.8 Å². The Morgan fingerprint density at radius 1 is 1.13 bits per heavy atom. The minimum absolute atomic E-state index is 0.0912. The molecule has 168 valence electrons. The monoisotopic (exact) mass is 466 g/mol. The van der Waals surface area contributed by atoms with E-state index in [-0.39, 0.29) is 22.4 Å². The zero-order valence-electron chi connectivity index (χ0n) is 17.6. The van der Waals surface area contributed by atoms with Gasteiger partial charge in [-0.1, -0.05) is 11.6 Å². The van der Waals surface area contributed by atoms with Crippen molar-refractivity contribution in [3.05, 3.63) is 47.5 Å². The van der Waals surface area contributed by atoms with Crippen molar-refractivity contribution in [3.63, 3.8) is 0 Å². The Morgan fingerprint density at radius 3 is 2.48 bits per heavy atom. The highest BCUT2D eigenvalue weighted by Gasteiger charge is 2.33. The van der Waals surface area contributed by atoms with Gasteiger partial charge in [-0.15, -0.1) is 0 Å². The van der Waals surface area contributed by atoms with Crippen LogP contribution in [0.25, 0.3) is 0 Å². The Morgan fingerprint density at radius 2 is 1.84 bits per heavy atom. The van der Waals surface area contributed by atoms with Gasteiger partial charge in [-0.2, -0.15) is 4.31 Å². The highest BCUT2D eigenvalue weighted by molar-refractivity contribution is 7.89. The van der Waals surface area contributed by atoms with Crippen molar-refractivity contribution < 1.29 is 22.7 Å². The third-order valence-electron chi connectivity index (χ3n) is 5.03. The van der Waals surface area contributed by atoms with Gasteiger partial charge in [-0.3, -0.25) is 4.79 Å². The molecule has 0 saturated carbocycles. The number of piperidine rings is 1. The number of amides is 1. The zero-order valence-corrected chi connectivity index (χ0v) is 19.2. The topological polar surface area (TPSA) is 84.9 Å². The molecule has 1 amide bonds. The smallest absolute Gasteiger partial charge is 0.243 e. The van der Waals surface area contributed by atoms with E-state index < -0.39 is 15.9 Å². The Hall–Kier alpha value is -2.29. The number of anilines is 1. The van der Waals surface area contributed by atoms with Crippen LogP contribution in [-0.4, -0.2) is 44.9 Å². The van der Waals surface area contributed by atoms with Crippen LogP contribution < -0.4 is 14.8 Å². The molecular weight excluding hydrogens is 440 g/mol. The van der Waals surface area contributed by atoms with Gasteiger partial charge in [0, 0.05) is 18.8 Å². The fourth-order valence-electron chi connectivity index (χ4n) is 3.48. The number of ether oxygens (including phenoxy) is 2. The number of nitrogens with zero attached hydrogens (tertiary/aromatic N) is 1. The fraction of sp³-hybridized carbons (Fsp3) is 0.409. The van der Waals surface area contributed by atoms with Gasteiger partial charge in [0.25, 0.3) is 0 Å². The molecule has 1 aliphatic heterocycles. The van der Waals surface area contributed by atoms with Crippen LogP contribution in [0, 0.1) is 5.92 Å². The summed E-state index contributed by atoms with van der Waals surface area (Å²) < 4.78 is 38.4. The lowest BCUT2D eigenvalue weighted by molar-refractivity contribution is -0.120. The molecule has 9 heteroatoms. The molecule has 3 rings (SSSR count). The second kappa shape index (κ2) is 10.3. The average molecular weight is 467 g/mol. The second-order valence-corrected chi connectivity index (χ2v) is 9.52. The van der Waals surface area contributed by atoms with Crippen LogP contribution in [0.15, 0.2) is 47.4 Å². The standard InChI is InChI=1S/C22H27ClN2O5S/c1-3-29-18-9-7-17(8-10-18)24-22(26)16-6-5-13-25(15-16)31(27,28)19-11-12-21(30-4-2)20(23)14-19/h7-12,14,16H,3-6,13,15H2,1-2H3,(H,24,26)/t16-/m1/s1. The van der Waals surface area contributed by atoms with Crippen molar-refractivity contribution in [2.45, 2.75) is 31.6 Å². The van der Waals surface area contributed by atoms with Crippen molar-refractivity contribution in [2.24, 2.45) is 5.92 Å². The van der Waals surface area contributed by atoms with E-state index in [1.807, 2.05) is 13.8 Å². The predicted octanol–water partition coefficient (Wildman–Crippen LogP) is 4.18. The fourth-order valence-corrected chi connectivity index (χ4v) is 5.33. The van der Waals surface area contributed by atoms with E-state index >= 15 is 0 Å². The summed E-state index contributed by atoms with van der Waals surface area (Å²) in [5.74, 6) is 0.529. The van der Waals surface area contributed by atoms with Gasteiger partial charge in [-0.05, 0) is 69.2 Å². The molecule has 2 aromatic rings. The molecule has 1 aliphatic rings. The number of carbonyl (C=O) groups is 1. The maximum absolute atomic E-state index is 13.1. The molecule has 31 heavy (non-hydrogen) atoms. The molecule has 0 bridgehead atoms. The third-order valence-corrected chi connectivity index (χ3v) is 7.19. The molecule has 1 heterocycles. The molecule has 1 fully saturated rings. The van der Waals surface area contributed by atoms with E-state index in [4.69, 9.17) is 21.1 Å². The molecule has 0 radical (unpaired) electrons. The lowest BCUT2D eigenvalue weighted by Crippen LogP contribution is -2.43. The summed E-state index contributed by atoms with van der Waals surface area (Å²) in [6.07, 6.45) is 1.23. The largest absolute Gasteiger partial charge is 0.494 e. The molecule has 0 spiro atoms. The minimum atomic E-state index is -3.77. The van der Waals surface area contributed by atoms with E-state index in [0.29, 0.717) is 44.0 Å². The Labute approximate surface area is 188 Å². The third kappa shape index (κ3) is 5.70. The first kappa shape index (κ1) is 23.4. The number of nitrogens with one attached hydrogen (secondary N) is 1. The Balaban J connectivity index is 1.68. The average Bonchev–Trinajstić information content (AvgIpc) is 2.77. The first-order valence-corrected chi connectivity index (χ1v) is 12.1. The quantitative estimate of drug-likeness (QED) is 0.630.